The Labute approximate surface area is 189 Å². The third-order valence-corrected chi connectivity index (χ3v) is 11.1. The van der Waals surface area contributed by atoms with Crippen LogP contribution in [0.5, 0.6) is 0 Å². The average molecular weight is 435 g/mol. The lowest BCUT2D eigenvalue weighted by atomic mass is 9.43. The predicted octanol–water partition coefficient (Wildman–Crippen LogP) is 5.50. The standard InChI is InChI=1S/C27H46O4/c1-16(6-5-7-17(2)25(30)31)20-8-9-21-24-22(11-13-27(20,21)4)26(3)12-10-19(28)14-18(26)15-23(24)29/h16-24,28-29H,5-15H2,1-4H3,(H,30,31)/t16-,17+,18-,19+,20+,21-,22-,23+,24-,26-,27+/m0/s1. The molecule has 4 aliphatic rings. The van der Waals surface area contributed by atoms with Crippen LogP contribution in [0.1, 0.15) is 98.3 Å². The molecule has 0 unspecified atom stereocenters. The number of rotatable bonds is 6. The minimum atomic E-state index is -0.674. The van der Waals surface area contributed by atoms with Gasteiger partial charge in [0.25, 0.3) is 0 Å². The minimum Gasteiger partial charge on any atom is -0.481 e. The molecule has 3 N–H and O–H groups in total. The maximum Gasteiger partial charge on any atom is 0.306 e. The van der Waals surface area contributed by atoms with Crippen LogP contribution in [0, 0.1) is 52.3 Å². The molecule has 0 aromatic rings. The number of hydrogen-bond donors (Lipinski definition) is 3. The Morgan fingerprint density at radius 3 is 2.32 bits per heavy atom. The van der Waals surface area contributed by atoms with E-state index in [1.807, 2.05) is 6.92 Å². The van der Waals surface area contributed by atoms with E-state index in [0.717, 1.165) is 44.9 Å². The second-order valence-corrected chi connectivity index (χ2v) is 12.6. The minimum absolute atomic E-state index is 0.170. The van der Waals surface area contributed by atoms with Gasteiger partial charge in [0, 0.05) is 0 Å². The molecule has 4 saturated carbocycles. The van der Waals surface area contributed by atoms with Gasteiger partial charge < -0.3 is 15.3 Å². The van der Waals surface area contributed by atoms with E-state index in [-0.39, 0.29) is 18.1 Å². The van der Waals surface area contributed by atoms with Gasteiger partial charge in [-0.3, -0.25) is 4.79 Å². The Hall–Kier alpha value is -0.610. The molecule has 178 valence electrons. The Morgan fingerprint density at radius 1 is 0.935 bits per heavy atom. The molecule has 0 spiro atoms. The van der Waals surface area contributed by atoms with E-state index < -0.39 is 5.97 Å². The molecule has 0 bridgehead atoms. The van der Waals surface area contributed by atoms with Crippen molar-refractivity contribution < 1.29 is 20.1 Å². The first-order chi connectivity index (χ1) is 14.6. The van der Waals surface area contributed by atoms with Crippen molar-refractivity contribution in [3.8, 4) is 0 Å². The molecule has 0 saturated heterocycles. The smallest absolute Gasteiger partial charge is 0.306 e. The van der Waals surface area contributed by atoms with E-state index in [9.17, 15) is 15.0 Å². The molecule has 31 heavy (non-hydrogen) atoms. The number of fused-ring (bicyclic) bond motifs is 5. The number of aliphatic hydroxyl groups excluding tert-OH is 2. The van der Waals surface area contributed by atoms with Crippen molar-refractivity contribution in [2.24, 2.45) is 52.3 Å². The van der Waals surface area contributed by atoms with E-state index in [1.54, 1.807) is 0 Å². The highest BCUT2D eigenvalue weighted by Gasteiger charge is 2.62. The average Bonchev–Trinajstić information content (AvgIpc) is 3.06. The van der Waals surface area contributed by atoms with Crippen LogP contribution in [0.4, 0.5) is 0 Å². The number of carboxylic acids is 1. The molecule has 4 nitrogen and oxygen atoms in total. The van der Waals surface area contributed by atoms with Gasteiger partial charge in [-0.05, 0) is 104 Å². The Bertz CT molecular complexity index is 664. The lowest BCUT2D eigenvalue weighted by molar-refractivity contribution is -0.174. The van der Waals surface area contributed by atoms with Crippen LogP contribution in [0.3, 0.4) is 0 Å². The summed E-state index contributed by atoms with van der Waals surface area (Å²) in [7, 11) is 0. The Morgan fingerprint density at radius 2 is 1.61 bits per heavy atom. The lowest BCUT2D eigenvalue weighted by Gasteiger charge is -2.62. The fraction of sp³-hybridized carbons (Fsp3) is 0.963. The fourth-order valence-corrected chi connectivity index (χ4v) is 9.25. The maximum atomic E-state index is 11.3. The molecular formula is C27H46O4. The van der Waals surface area contributed by atoms with Gasteiger partial charge >= 0.3 is 5.97 Å². The van der Waals surface area contributed by atoms with Gasteiger partial charge in [0.05, 0.1) is 18.1 Å². The van der Waals surface area contributed by atoms with Crippen molar-refractivity contribution in [3.05, 3.63) is 0 Å². The molecule has 4 aliphatic carbocycles. The largest absolute Gasteiger partial charge is 0.481 e. The molecule has 11 atom stereocenters. The number of aliphatic carboxylic acids is 1. The van der Waals surface area contributed by atoms with Crippen LogP contribution < -0.4 is 0 Å². The molecule has 0 aromatic carbocycles. The van der Waals surface area contributed by atoms with E-state index >= 15 is 0 Å². The maximum absolute atomic E-state index is 11.3. The highest BCUT2D eigenvalue weighted by atomic mass is 16.4. The number of hydrogen-bond acceptors (Lipinski definition) is 3. The van der Waals surface area contributed by atoms with Gasteiger partial charge in [-0.2, -0.15) is 0 Å². The number of aliphatic hydroxyl groups is 2. The third kappa shape index (κ3) is 3.98. The summed E-state index contributed by atoms with van der Waals surface area (Å²) in [6, 6.07) is 0. The zero-order chi connectivity index (χ0) is 22.6. The van der Waals surface area contributed by atoms with E-state index in [4.69, 9.17) is 5.11 Å². The van der Waals surface area contributed by atoms with Crippen molar-refractivity contribution in [2.45, 2.75) is 111 Å². The predicted molar refractivity (Wildman–Crippen MR) is 122 cm³/mol. The molecule has 0 radical (unpaired) electrons. The second-order valence-electron chi connectivity index (χ2n) is 12.6. The van der Waals surface area contributed by atoms with Crippen LogP contribution in [-0.4, -0.2) is 33.5 Å². The molecule has 0 aliphatic heterocycles. The topological polar surface area (TPSA) is 77.8 Å². The number of carbonyl (C=O) groups is 1. The summed E-state index contributed by atoms with van der Waals surface area (Å²) in [5, 5.41) is 30.8. The third-order valence-electron chi connectivity index (χ3n) is 11.1. The highest BCUT2D eigenvalue weighted by Crippen LogP contribution is 2.68. The zero-order valence-electron chi connectivity index (χ0n) is 20.2. The van der Waals surface area contributed by atoms with Gasteiger partial charge in [-0.15, -0.1) is 0 Å². The quantitative estimate of drug-likeness (QED) is 0.515. The van der Waals surface area contributed by atoms with Gasteiger partial charge in [-0.1, -0.05) is 40.5 Å². The summed E-state index contributed by atoms with van der Waals surface area (Å²) in [4.78, 5) is 11.1. The van der Waals surface area contributed by atoms with Crippen LogP contribution in [0.25, 0.3) is 0 Å². The SMILES string of the molecule is C[C@H](CCC[C@H](C)[C@H]1CC[C@H]2[C@@H]3[C@H](O)C[C@@H]4C[C@H](O)CC[C@]4(C)[C@H]3CC[C@]12C)C(=O)O. The van der Waals surface area contributed by atoms with E-state index in [2.05, 4.69) is 20.8 Å². The summed E-state index contributed by atoms with van der Waals surface area (Å²) in [5.74, 6) is 2.55. The van der Waals surface area contributed by atoms with E-state index in [0.29, 0.717) is 46.3 Å². The van der Waals surface area contributed by atoms with Crippen molar-refractivity contribution in [3.63, 3.8) is 0 Å². The molecule has 4 fully saturated rings. The van der Waals surface area contributed by atoms with Gasteiger partial charge in [-0.25, -0.2) is 0 Å². The lowest BCUT2D eigenvalue weighted by Crippen LogP contribution is -2.58. The van der Waals surface area contributed by atoms with Crippen molar-refractivity contribution in [1.29, 1.82) is 0 Å². The molecule has 4 rings (SSSR count). The molecule has 0 amide bonds. The second kappa shape index (κ2) is 8.63. The first-order valence-corrected chi connectivity index (χ1v) is 13.2. The van der Waals surface area contributed by atoms with Gasteiger partial charge in [0.15, 0.2) is 0 Å². The van der Waals surface area contributed by atoms with E-state index in [1.165, 1.54) is 25.7 Å². The van der Waals surface area contributed by atoms with Crippen LogP contribution in [-0.2, 0) is 4.79 Å². The normalized spacial score (nSPS) is 48.9. The summed E-state index contributed by atoms with van der Waals surface area (Å²) in [5.41, 5.74) is 0.610. The van der Waals surface area contributed by atoms with Crippen molar-refractivity contribution in [2.75, 3.05) is 0 Å². The Balaban J connectivity index is 1.46. The summed E-state index contributed by atoms with van der Waals surface area (Å²) in [6.07, 6.45) is 11.4. The summed E-state index contributed by atoms with van der Waals surface area (Å²) in [6.45, 7) is 9.22. The number of carboxylic acid groups (broad SMARTS) is 1. The molecule has 4 heteroatoms. The van der Waals surface area contributed by atoms with Crippen LogP contribution in [0.2, 0.25) is 0 Å². The van der Waals surface area contributed by atoms with Crippen LogP contribution in [0.15, 0.2) is 0 Å². The molecular weight excluding hydrogens is 388 g/mol. The van der Waals surface area contributed by atoms with Gasteiger partial charge in [0.2, 0.25) is 0 Å². The highest BCUT2D eigenvalue weighted by molar-refractivity contribution is 5.69. The first kappa shape index (κ1) is 23.5. The van der Waals surface area contributed by atoms with Crippen molar-refractivity contribution in [1.82, 2.24) is 0 Å². The van der Waals surface area contributed by atoms with Crippen molar-refractivity contribution >= 4 is 5.97 Å². The Kier molecular flexibility index (Phi) is 6.55. The zero-order valence-corrected chi connectivity index (χ0v) is 20.2. The summed E-state index contributed by atoms with van der Waals surface area (Å²) >= 11 is 0. The summed E-state index contributed by atoms with van der Waals surface area (Å²) < 4.78 is 0. The van der Waals surface area contributed by atoms with Gasteiger partial charge in [0.1, 0.15) is 0 Å². The first-order valence-electron chi connectivity index (χ1n) is 13.2. The monoisotopic (exact) mass is 434 g/mol. The molecule has 0 aromatic heterocycles. The van der Waals surface area contributed by atoms with Crippen LogP contribution >= 0.6 is 0 Å². The fourth-order valence-electron chi connectivity index (χ4n) is 9.25. The molecule has 0 heterocycles.